The number of thiocarbonyl (C=S) groups is 1. The van der Waals surface area contributed by atoms with Crippen LogP contribution in [-0.4, -0.2) is 42.3 Å². The molecule has 0 aliphatic heterocycles. The first kappa shape index (κ1) is 15.9. The molecule has 1 saturated carbocycles. The van der Waals surface area contributed by atoms with Gasteiger partial charge in [-0.25, -0.2) is 0 Å². The van der Waals surface area contributed by atoms with Crippen molar-refractivity contribution in [3.63, 3.8) is 0 Å². The molecule has 1 atom stereocenters. The number of hydrogen-bond donors (Lipinski definition) is 2. The van der Waals surface area contributed by atoms with Crippen LogP contribution in [0.25, 0.3) is 0 Å². The summed E-state index contributed by atoms with van der Waals surface area (Å²) in [6.45, 7) is 2.17. The highest BCUT2D eigenvalue weighted by atomic mass is 32.1. The fraction of sp³-hybridized carbons (Fsp3) is 0.769. The molecule has 1 aliphatic carbocycles. The van der Waals surface area contributed by atoms with Gasteiger partial charge in [-0.2, -0.15) is 0 Å². The Morgan fingerprint density at radius 3 is 2.37 bits per heavy atom. The molecular formula is C13H23N3O2S. The van der Waals surface area contributed by atoms with E-state index < -0.39 is 5.41 Å². The monoisotopic (exact) mass is 285 g/mol. The summed E-state index contributed by atoms with van der Waals surface area (Å²) in [4.78, 5) is 26.0. The molecule has 1 fully saturated rings. The molecule has 0 saturated heterocycles. The lowest BCUT2D eigenvalue weighted by Crippen LogP contribution is -2.49. The largest absolute Gasteiger partial charge is 0.392 e. The summed E-state index contributed by atoms with van der Waals surface area (Å²) in [5.74, 6) is -0.368. The van der Waals surface area contributed by atoms with Gasteiger partial charge in [0.2, 0.25) is 11.8 Å². The van der Waals surface area contributed by atoms with Crippen LogP contribution in [0.15, 0.2) is 0 Å². The lowest BCUT2D eigenvalue weighted by molar-refractivity contribution is -0.138. The molecular weight excluding hydrogens is 262 g/mol. The topological polar surface area (TPSA) is 75.4 Å². The number of nitrogens with zero attached hydrogens (tertiary/aromatic N) is 1. The van der Waals surface area contributed by atoms with Gasteiger partial charge in [0.1, 0.15) is 0 Å². The Hall–Kier alpha value is -1.17. The maximum absolute atomic E-state index is 12.6. The standard InChI is InChI=1S/C13H23N3O2S/c1-9(10(17)15-2)8-16(3)12(18)13(11(14)19)6-4-5-7-13/h9H,4-8H2,1-3H3,(H2,14,19)(H,15,17). The second-order valence-electron chi connectivity index (χ2n) is 5.35. The average Bonchev–Trinajstić information content (AvgIpc) is 2.87. The summed E-state index contributed by atoms with van der Waals surface area (Å²) >= 11 is 5.10. The van der Waals surface area contributed by atoms with E-state index in [0.717, 1.165) is 25.7 Å². The van der Waals surface area contributed by atoms with E-state index in [9.17, 15) is 9.59 Å². The highest BCUT2D eigenvalue weighted by molar-refractivity contribution is 7.80. The van der Waals surface area contributed by atoms with Gasteiger partial charge >= 0.3 is 0 Å². The fourth-order valence-corrected chi connectivity index (χ4v) is 3.02. The van der Waals surface area contributed by atoms with Crippen LogP contribution in [-0.2, 0) is 9.59 Å². The molecule has 0 radical (unpaired) electrons. The van der Waals surface area contributed by atoms with Crippen LogP contribution in [0.4, 0.5) is 0 Å². The first-order chi connectivity index (χ1) is 8.85. The zero-order valence-corrected chi connectivity index (χ0v) is 12.7. The normalized spacial score (nSPS) is 18.7. The molecule has 5 nitrogen and oxygen atoms in total. The van der Waals surface area contributed by atoms with Crippen LogP contribution in [0.3, 0.4) is 0 Å². The Morgan fingerprint density at radius 1 is 1.42 bits per heavy atom. The van der Waals surface area contributed by atoms with Crippen LogP contribution in [0.1, 0.15) is 32.6 Å². The summed E-state index contributed by atoms with van der Waals surface area (Å²) in [6, 6.07) is 0. The van der Waals surface area contributed by atoms with E-state index in [2.05, 4.69) is 5.32 Å². The Kier molecular flexibility index (Phi) is 5.29. The predicted molar refractivity (Wildman–Crippen MR) is 78.6 cm³/mol. The molecule has 0 aromatic rings. The van der Waals surface area contributed by atoms with Crippen molar-refractivity contribution in [2.45, 2.75) is 32.6 Å². The van der Waals surface area contributed by atoms with Gasteiger partial charge in [-0.15, -0.1) is 0 Å². The third-order valence-corrected chi connectivity index (χ3v) is 4.32. The Balaban J connectivity index is 2.75. The van der Waals surface area contributed by atoms with Gasteiger partial charge in [0, 0.05) is 20.6 Å². The zero-order chi connectivity index (χ0) is 14.6. The number of carbonyl (C=O) groups is 2. The predicted octanol–water partition coefficient (Wildman–Crippen LogP) is 0.673. The van der Waals surface area contributed by atoms with Crippen LogP contribution >= 0.6 is 12.2 Å². The molecule has 1 unspecified atom stereocenters. The lowest BCUT2D eigenvalue weighted by atomic mass is 9.84. The molecule has 0 heterocycles. The van der Waals surface area contributed by atoms with E-state index >= 15 is 0 Å². The van der Waals surface area contributed by atoms with Gasteiger partial charge in [0.15, 0.2) is 0 Å². The number of nitrogens with two attached hydrogens (primary N) is 1. The van der Waals surface area contributed by atoms with Crippen molar-refractivity contribution in [3.8, 4) is 0 Å². The van der Waals surface area contributed by atoms with Crippen molar-refractivity contribution in [1.82, 2.24) is 10.2 Å². The fourth-order valence-electron chi connectivity index (χ4n) is 2.73. The van der Waals surface area contributed by atoms with E-state index in [1.54, 1.807) is 25.9 Å². The molecule has 0 bridgehead atoms. The van der Waals surface area contributed by atoms with Crippen LogP contribution in [0, 0.1) is 11.3 Å². The summed E-state index contributed by atoms with van der Waals surface area (Å²) in [6.07, 6.45) is 3.39. The van der Waals surface area contributed by atoms with Crippen molar-refractivity contribution in [2.75, 3.05) is 20.6 Å². The van der Waals surface area contributed by atoms with E-state index in [0.29, 0.717) is 6.54 Å². The average molecular weight is 285 g/mol. The van der Waals surface area contributed by atoms with Gasteiger partial charge in [0.05, 0.1) is 16.3 Å². The van der Waals surface area contributed by atoms with Gasteiger partial charge in [-0.05, 0) is 12.8 Å². The third-order valence-electron chi connectivity index (χ3n) is 3.93. The number of amides is 2. The second-order valence-corrected chi connectivity index (χ2v) is 5.79. The highest BCUT2D eigenvalue weighted by Gasteiger charge is 2.45. The molecule has 19 heavy (non-hydrogen) atoms. The minimum absolute atomic E-state index is 0.0479. The number of hydrogen-bond acceptors (Lipinski definition) is 3. The van der Waals surface area contributed by atoms with Crippen molar-refractivity contribution < 1.29 is 9.59 Å². The molecule has 6 heteroatoms. The molecule has 1 aliphatic rings. The third kappa shape index (κ3) is 3.23. The molecule has 0 aromatic carbocycles. The van der Waals surface area contributed by atoms with Crippen LogP contribution in [0.2, 0.25) is 0 Å². The summed E-state index contributed by atoms with van der Waals surface area (Å²) < 4.78 is 0. The zero-order valence-electron chi connectivity index (χ0n) is 11.9. The van der Waals surface area contributed by atoms with Crippen molar-refractivity contribution in [2.24, 2.45) is 17.1 Å². The van der Waals surface area contributed by atoms with Gasteiger partial charge in [-0.1, -0.05) is 32.0 Å². The minimum atomic E-state index is -0.688. The Labute approximate surface area is 119 Å². The van der Waals surface area contributed by atoms with E-state index in [-0.39, 0.29) is 22.7 Å². The molecule has 108 valence electrons. The molecule has 0 aromatic heterocycles. The maximum Gasteiger partial charge on any atom is 0.235 e. The smallest absolute Gasteiger partial charge is 0.235 e. The first-order valence-corrected chi connectivity index (χ1v) is 7.03. The van der Waals surface area contributed by atoms with Crippen LogP contribution < -0.4 is 11.1 Å². The maximum atomic E-state index is 12.6. The van der Waals surface area contributed by atoms with Crippen LogP contribution in [0.5, 0.6) is 0 Å². The number of carbonyl (C=O) groups excluding carboxylic acids is 2. The molecule has 3 N–H and O–H groups in total. The second kappa shape index (κ2) is 6.32. The summed E-state index contributed by atoms with van der Waals surface area (Å²) in [5, 5.41) is 2.58. The molecule has 0 spiro atoms. The van der Waals surface area contributed by atoms with Gasteiger partial charge in [0.25, 0.3) is 0 Å². The van der Waals surface area contributed by atoms with Crippen molar-refractivity contribution >= 4 is 29.0 Å². The van der Waals surface area contributed by atoms with Gasteiger partial charge < -0.3 is 16.0 Å². The Bertz CT molecular complexity index is 378. The van der Waals surface area contributed by atoms with E-state index in [1.165, 1.54) is 0 Å². The SMILES string of the molecule is CNC(=O)C(C)CN(C)C(=O)C1(C(N)=S)CCCC1. The van der Waals surface area contributed by atoms with Crippen molar-refractivity contribution in [3.05, 3.63) is 0 Å². The van der Waals surface area contributed by atoms with E-state index in [1.807, 2.05) is 0 Å². The number of rotatable bonds is 5. The first-order valence-electron chi connectivity index (χ1n) is 6.62. The minimum Gasteiger partial charge on any atom is -0.392 e. The van der Waals surface area contributed by atoms with E-state index in [4.69, 9.17) is 18.0 Å². The summed E-state index contributed by atoms with van der Waals surface area (Å²) in [5.41, 5.74) is 5.10. The Morgan fingerprint density at radius 2 is 1.95 bits per heavy atom. The lowest BCUT2D eigenvalue weighted by Gasteiger charge is -2.32. The highest BCUT2D eigenvalue weighted by Crippen LogP contribution is 2.40. The van der Waals surface area contributed by atoms with Crippen molar-refractivity contribution in [1.29, 1.82) is 0 Å². The molecule has 2 amide bonds. The van der Waals surface area contributed by atoms with Gasteiger partial charge in [-0.3, -0.25) is 9.59 Å². The summed E-state index contributed by atoms with van der Waals surface area (Å²) in [7, 11) is 3.30. The quantitative estimate of drug-likeness (QED) is 0.728. The number of nitrogens with one attached hydrogen (secondary N) is 1. The molecule has 1 rings (SSSR count).